The van der Waals surface area contributed by atoms with E-state index in [-0.39, 0.29) is 5.91 Å². The Morgan fingerprint density at radius 3 is 2.52 bits per heavy atom. The Morgan fingerprint density at radius 1 is 1.10 bits per heavy atom. The lowest BCUT2D eigenvalue weighted by Gasteiger charge is -2.36. The minimum absolute atomic E-state index is 0.0494. The highest BCUT2D eigenvalue weighted by Crippen LogP contribution is 2.35. The predicted octanol–water partition coefficient (Wildman–Crippen LogP) is 2.64. The fraction of sp³-hybridized carbons (Fsp3) is 0.353. The van der Waals surface area contributed by atoms with Gasteiger partial charge >= 0.3 is 0 Å². The Labute approximate surface area is 124 Å². The van der Waals surface area contributed by atoms with Crippen LogP contribution < -0.4 is 5.32 Å². The summed E-state index contributed by atoms with van der Waals surface area (Å²) in [5.74, 6) is 0.812. The SMILES string of the molecule is O=C(NCc1ccco1)C1(c2ccccc2)CCOCC1. The summed E-state index contributed by atoms with van der Waals surface area (Å²) in [6.45, 7) is 1.65. The summed E-state index contributed by atoms with van der Waals surface area (Å²) in [4.78, 5) is 12.8. The predicted molar refractivity (Wildman–Crippen MR) is 78.7 cm³/mol. The van der Waals surface area contributed by atoms with Crippen LogP contribution in [-0.2, 0) is 21.5 Å². The van der Waals surface area contributed by atoms with E-state index in [0.29, 0.717) is 32.6 Å². The lowest BCUT2D eigenvalue weighted by molar-refractivity contribution is -0.130. The molecule has 1 aliphatic heterocycles. The van der Waals surface area contributed by atoms with Crippen LogP contribution in [0, 0.1) is 0 Å². The Balaban J connectivity index is 1.80. The first-order valence-corrected chi connectivity index (χ1v) is 7.25. The third kappa shape index (κ3) is 2.85. The van der Waals surface area contributed by atoms with Crippen molar-refractivity contribution in [2.24, 2.45) is 0 Å². The zero-order valence-electron chi connectivity index (χ0n) is 11.9. The summed E-state index contributed by atoms with van der Waals surface area (Å²) in [6, 6.07) is 13.7. The fourth-order valence-corrected chi connectivity index (χ4v) is 2.87. The molecule has 1 amide bonds. The number of furan rings is 1. The standard InChI is InChI=1S/C17H19NO3/c19-16(18-13-15-7-4-10-21-15)17(8-11-20-12-9-17)14-5-2-1-3-6-14/h1-7,10H,8-9,11-13H2,(H,18,19). The van der Waals surface area contributed by atoms with Crippen molar-refractivity contribution < 1.29 is 13.9 Å². The van der Waals surface area contributed by atoms with E-state index >= 15 is 0 Å². The third-order valence-corrected chi connectivity index (χ3v) is 4.11. The molecule has 2 heterocycles. The average molecular weight is 285 g/mol. The minimum atomic E-state index is -0.494. The van der Waals surface area contributed by atoms with Crippen molar-refractivity contribution >= 4 is 5.91 Å². The molecule has 110 valence electrons. The molecule has 0 atom stereocenters. The highest BCUT2D eigenvalue weighted by atomic mass is 16.5. The molecule has 1 aromatic carbocycles. The van der Waals surface area contributed by atoms with E-state index in [2.05, 4.69) is 5.32 Å². The molecule has 4 nitrogen and oxygen atoms in total. The first kappa shape index (κ1) is 13.9. The lowest BCUT2D eigenvalue weighted by atomic mass is 9.73. The van der Waals surface area contributed by atoms with Gasteiger partial charge in [0.15, 0.2) is 0 Å². The van der Waals surface area contributed by atoms with Gasteiger partial charge in [0.25, 0.3) is 0 Å². The van der Waals surface area contributed by atoms with Gasteiger partial charge in [-0.25, -0.2) is 0 Å². The number of nitrogens with one attached hydrogen (secondary N) is 1. The summed E-state index contributed by atoms with van der Waals surface area (Å²) in [5, 5.41) is 3.01. The van der Waals surface area contributed by atoms with Gasteiger partial charge in [0.2, 0.25) is 5.91 Å². The lowest BCUT2D eigenvalue weighted by Crippen LogP contribution is -2.47. The number of carbonyl (C=O) groups excluding carboxylic acids is 1. The van der Waals surface area contributed by atoms with E-state index in [1.807, 2.05) is 42.5 Å². The Morgan fingerprint density at radius 2 is 1.86 bits per heavy atom. The van der Waals surface area contributed by atoms with Crippen LogP contribution in [0.3, 0.4) is 0 Å². The van der Waals surface area contributed by atoms with Crippen LogP contribution in [0.2, 0.25) is 0 Å². The molecule has 1 aromatic heterocycles. The van der Waals surface area contributed by atoms with Crippen LogP contribution in [0.4, 0.5) is 0 Å². The van der Waals surface area contributed by atoms with Crippen LogP contribution in [0.1, 0.15) is 24.2 Å². The topological polar surface area (TPSA) is 51.5 Å². The minimum Gasteiger partial charge on any atom is -0.467 e. The molecular formula is C17H19NO3. The molecule has 0 saturated carbocycles. The first-order valence-electron chi connectivity index (χ1n) is 7.25. The Hall–Kier alpha value is -2.07. The molecule has 0 aliphatic carbocycles. The molecule has 0 spiro atoms. The van der Waals surface area contributed by atoms with Crippen LogP contribution >= 0.6 is 0 Å². The number of carbonyl (C=O) groups is 1. The number of hydrogen-bond acceptors (Lipinski definition) is 3. The van der Waals surface area contributed by atoms with E-state index in [9.17, 15) is 4.79 Å². The first-order chi connectivity index (χ1) is 10.3. The van der Waals surface area contributed by atoms with Crippen molar-refractivity contribution in [3.8, 4) is 0 Å². The van der Waals surface area contributed by atoms with Gasteiger partial charge in [-0.15, -0.1) is 0 Å². The second kappa shape index (κ2) is 6.14. The number of rotatable bonds is 4. The number of ether oxygens (including phenoxy) is 1. The maximum atomic E-state index is 12.8. The molecule has 1 N–H and O–H groups in total. The van der Waals surface area contributed by atoms with Gasteiger partial charge in [-0.1, -0.05) is 30.3 Å². The van der Waals surface area contributed by atoms with Gasteiger partial charge in [-0.3, -0.25) is 4.79 Å². The van der Waals surface area contributed by atoms with Crippen LogP contribution in [0.15, 0.2) is 53.1 Å². The van der Waals surface area contributed by atoms with Gasteiger partial charge in [0.1, 0.15) is 5.76 Å². The Bertz CT molecular complexity index is 571. The highest BCUT2D eigenvalue weighted by molar-refractivity contribution is 5.88. The molecule has 0 unspecified atom stereocenters. The molecule has 1 fully saturated rings. The number of amides is 1. The largest absolute Gasteiger partial charge is 0.467 e. The molecule has 3 rings (SSSR count). The molecule has 1 aliphatic rings. The van der Waals surface area contributed by atoms with Crippen LogP contribution in [-0.4, -0.2) is 19.1 Å². The van der Waals surface area contributed by atoms with Crippen molar-refractivity contribution in [1.29, 1.82) is 0 Å². The second-order valence-corrected chi connectivity index (χ2v) is 5.32. The Kier molecular flexibility index (Phi) is 4.06. The molecule has 2 aromatic rings. The van der Waals surface area contributed by atoms with E-state index in [1.54, 1.807) is 6.26 Å². The zero-order chi connectivity index (χ0) is 14.5. The second-order valence-electron chi connectivity index (χ2n) is 5.32. The molecule has 0 bridgehead atoms. The summed E-state index contributed by atoms with van der Waals surface area (Å²) in [6.07, 6.45) is 3.03. The average Bonchev–Trinajstić information content (AvgIpc) is 3.07. The molecule has 1 saturated heterocycles. The maximum Gasteiger partial charge on any atom is 0.231 e. The maximum absolute atomic E-state index is 12.8. The molecular weight excluding hydrogens is 266 g/mol. The van der Waals surface area contributed by atoms with Gasteiger partial charge < -0.3 is 14.5 Å². The van der Waals surface area contributed by atoms with E-state index in [4.69, 9.17) is 9.15 Å². The zero-order valence-corrected chi connectivity index (χ0v) is 11.9. The van der Waals surface area contributed by atoms with Gasteiger partial charge in [0.05, 0.1) is 18.2 Å². The molecule has 4 heteroatoms. The quantitative estimate of drug-likeness (QED) is 0.939. The molecule has 21 heavy (non-hydrogen) atoms. The van der Waals surface area contributed by atoms with Crippen molar-refractivity contribution in [2.75, 3.05) is 13.2 Å². The van der Waals surface area contributed by atoms with E-state index < -0.39 is 5.41 Å². The van der Waals surface area contributed by atoms with Crippen molar-refractivity contribution in [3.05, 3.63) is 60.1 Å². The summed E-state index contributed by atoms with van der Waals surface area (Å²) < 4.78 is 10.7. The van der Waals surface area contributed by atoms with E-state index in [0.717, 1.165) is 11.3 Å². The monoisotopic (exact) mass is 285 g/mol. The number of benzene rings is 1. The smallest absolute Gasteiger partial charge is 0.231 e. The van der Waals surface area contributed by atoms with Gasteiger partial charge in [-0.05, 0) is 30.5 Å². The third-order valence-electron chi connectivity index (χ3n) is 4.11. The highest BCUT2D eigenvalue weighted by Gasteiger charge is 2.41. The van der Waals surface area contributed by atoms with Crippen molar-refractivity contribution in [1.82, 2.24) is 5.32 Å². The fourth-order valence-electron chi connectivity index (χ4n) is 2.87. The van der Waals surface area contributed by atoms with Gasteiger partial charge in [0, 0.05) is 13.2 Å². The molecule has 0 radical (unpaired) electrons. The van der Waals surface area contributed by atoms with Crippen molar-refractivity contribution in [2.45, 2.75) is 24.8 Å². The number of hydrogen-bond donors (Lipinski definition) is 1. The van der Waals surface area contributed by atoms with Crippen molar-refractivity contribution in [3.63, 3.8) is 0 Å². The van der Waals surface area contributed by atoms with Crippen LogP contribution in [0.5, 0.6) is 0 Å². The normalized spacial score (nSPS) is 17.3. The summed E-state index contributed by atoms with van der Waals surface area (Å²) in [7, 11) is 0. The van der Waals surface area contributed by atoms with Crippen LogP contribution in [0.25, 0.3) is 0 Å². The van der Waals surface area contributed by atoms with E-state index in [1.165, 1.54) is 0 Å². The summed E-state index contributed by atoms with van der Waals surface area (Å²) in [5.41, 5.74) is 0.566. The van der Waals surface area contributed by atoms with Gasteiger partial charge in [-0.2, -0.15) is 0 Å². The summed E-state index contributed by atoms with van der Waals surface area (Å²) >= 11 is 0.